The number of anilines is 2. The van der Waals surface area contributed by atoms with Gasteiger partial charge in [-0.2, -0.15) is 0 Å². The van der Waals surface area contributed by atoms with Crippen LogP contribution in [-0.4, -0.2) is 12.3 Å². The maximum atomic E-state index is 5.31. The Kier molecular flexibility index (Phi) is 1.18. The molecule has 0 bridgehead atoms. The highest BCUT2D eigenvalue weighted by Crippen LogP contribution is 2.24. The van der Waals surface area contributed by atoms with Gasteiger partial charge in [-0.3, -0.25) is 0 Å². The summed E-state index contributed by atoms with van der Waals surface area (Å²) in [7, 11) is 1.44. The summed E-state index contributed by atoms with van der Waals surface area (Å²) in [6.45, 7) is 0. The standard InChI is InChI=1S/C4H7N3O2/c1-8-4-2(5)3(6)9-7-4/h5-6H2,1H3. The second-order valence-electron chi connectivity index (χ2n) is 1.47. The van der Waals surface area contributed by atoms with Crippen LogP contribution in [0, 0.1) is 0 Å². The van der Waals surface area contributed by atoms with Gasteiger partial charge in [0.15, 0.2) is 5.69 Å². The van der Waals surface area contributed by atoms with E-state index in [4.69, 9.17) is 11.5 Å². The van der Waals surface area contributed by atoms with E-state index in [1.54, 1.807) is 0 Å². The zero-order chi connectivity index (χ0) is 6.85. The molecule has 0 aliphatic heterocycles. The van der Waals surface area contributed by atoms with E-state index in [2.05, 4.69) is 14.4 Å². The predicted octanol–water partition coefficient (Wildman–Crippen LogP) is -0.152. The average Bonchev–Trinajstić information content (AvgIpc) is 2.15. The molecule has 0 atom stereocenters. The van der Waals surface area contributed by atoms with Crippen LogP contribution in [0.3, 0.4) is 0 Å². The third kappa shape index (κ3) is 0.758. The van der Waals surface area contributed by atoms with Crippen molar-refractivity contribution >= 4 is 11.6 Å². The number of methoxy groups -OCH3 is 1. The van der Waals surface area contributed by atoms with E-state index >= 15 is 0 Å². The molecule has 0 aliphatic carbocycles. The predicted molar refractivity (Wildman–Crippen MR) is 31.9 cm³/mol. The molecule has 0 saturated heterocycles. The highest BCUT2D eigenvalue weighted by atomic mass is 16.5. The molecule has 1 aromatic rings. The van der Waals surface area contributed by atoms with E-state index in [0.29, 0.717) is 0 Å². The Hall–Kier alpha value is -1.39. The van der Waals surface area contributed by atoms with Gasteiger partial charge in [0, 0.05) is 0 Å². The van der Waals surface area contributed by atoms with Crippen molar-refractivity contribution in [1.82, 2.24) is 5.16 Å². The van der Waals surface area contributed by atoms with E-state index in [1.807, 2.05) is 0 Å². The summed E-state index contributed by atoms with van der Waals surface area (Å²) in [6, 6.07) is 0. The minimum Gasteiger partial charge on any atom is -0.477 e. The largest absolute Gasteiger partial charge is 0.477 e. The van der Waals surface area contributed by atoms with Gasteiger partial charge in [-0.15, -0.1) is 0 Å². The first kappa shape index (κ1) is 5.74. The van der Waals surface area contributed by atoms with Crippen LogP contribution in [0.2, 0.25) is 0 Å². The van der Waals surface area contributed by atoms with Crippen molar-refractivity contribution in [2.45, 2.75) is 0 Å². The second kappa shape index (κ2) is 1.85. The molecule has 0 fully saturated rings. The number of hydrogen-bond donors (Lipinski definition) is 2. The molecule has 50 valence electrons. The van der Waals surface area contributed by atoms with E-state index in [0.717, 1.165) is 0 Å². The van der Waals surface area contributed by atoms with Crippen LogP contribution in [0.1, 0.15) is 0 Å². The number of nitrogens with two attached hydrogens (primary N) is 2. The molecule has 1 heterocycles. The Morgan fingerprint density at radius 1 is 1.56 bits per heavy atom. The van der Waals surface area contributed by atoms with Gasteiger partial charge in [0.2, 0.25) is 5.88 Å². The smallest absolute Gasteiger partial charge is 0.279 e. The molecular formula is C4H7N3O2. The van der Waals surface area contributed by atoms with Crippen LogP contribution in [0.25, 0.3) is 0 Å². The first-order chi connectivity index (χ1) is 4.25. The van der Waals surface area contributed by atoms with Crippen molar-refractivity contribution in [3.8, 4) is 5.88 Å². The molecule has 9 heavy (non-hydrogen) atoms. The van der Waals surface area contributed by atoms with Gasteiger partial charge in [0.25, 0.3) is 5.88 Å². The van der Waals surface area contributed by atoms with Gasteiger partial charge >= 0.3 is 0 Å². The maximum absolute atomic E-state index is 5.31. The molecule has 5 nitrogen and oxygen atoms in total. The molecule has 0 radical (unpaired) electrons. The van der Waals surface area contributed by atoms with Crippen molar-refractivity contribution in [2.75, 3.05) is 18.6 Å². The number of nitrogens with zero attached hydrogens (tertiary/aromatic N) is 1. The topological polar surface area (TPSA) is 87.3 Å². The number of hydrogen-bond acceptors (Lipinski definition) is 5. The van der Waals surface area contributed by atoms with Crippen molar-refractivity contribution in [3.05, 3.63) is 0 Å². The lowest BCUT2D eigenvalue weighted by Gasteiger charge is -1.89. The number of aromatic nitrogens is 1. The number of ether oxygens (including phenoxy) is 1. The SMILES string of the molecule is COc1noc(N)c1N. The fourth-order valence-corrected chi connectivity index (χ4v) is 0.442. The second-order valence-corrected chi connectivity index (χ2v) is 1.47. The van der Waals surface area contributed by atoms with Crippen LogP contribution in [0.4, 0.5) is 11.6 Å². The summed E-state index contributed by atoms with van der Waals surface area (Å²) < 4.78 is 9.12. The molecule has 5 heteroatoms. The average molecular weight is 129 g/mol. The van der Waals surface area contributed by atoms with E-state index in [-0.39, 0.29) is 17.5 Å². The monoisotopic (exact) mass is 129 g/mol. The van der Waals surface area contributed by atoms with Crippen molar-refractivity contribution in [3.63, 3.8) is 0 Å². The minimum atomic E-state index is 0.0897. The summed E-state index contributed by atoms with van der Waals surface area (Å²) in [5.74, 6) is 0.319. The van der Waals surface area contributed by atoms with Gasteiger partial charge in [0.05, 0.1) is 7.11 Å². The molecule has 1 rings (SSSR count). The molecule has 0 spiro atoms. The first-order valence-corrected chi connectivity index (χ1v) is 2.30. The third-order valence-corrected chi connectivity index (χ3v) is 0.916. The van der Waals surface area contributed by atoms with Crippen molar-refractivity contribution in [2.24, 2.45) is 0 Å². The first-order valence-electron chi connectivity index (χ1n) is 2.30. The van der Waals surface area contributed by atoms with Crippen LogP contribution < -0.4 is 16.2 Å². The third-order valence-electron chi connectivity index (χ3n) is 0.916. The fourth-order valence-electron chi connectivity index (χ4n) is 0.442. The molecule has 0 amide bonds. The lowest BCUT2D eigenvalue weighted by molar-refractivity contribution is 0.344. The Morgan fingerprint density at radius 3 is 2.44 bits per heavy atom. The van der Waals surface area contributed by atoms with Crippen LogP contribution in [0.15, 0.2) is 4.52 Å². The Balaban J connectivity index is 3.04. The summed E-state index contributed by atoms with van der Waals surface area (Å²) in [4.78, 5) is 0. The molecule has 4 N–H and O–H groups in total. The minimum absolute atomic E-state index is 0.0897. The molecule has 0 unspecified atom stereocenters. The summed E-state index contributed by atoms with van der Waals surface area (Å²) in [5.41, 5.74) is 10.7. The molecular weight excluding hydrogens is 122 g/mol. The van der Waals surface area contributed by atoms with Crippen molar-refractivity contribution in [1.29, 1.82) is 0 Å². The highest BCUT2D eigenvalue weighted by molar-refractivity contribution is 5.62. The lowest BCUT2D eigenvalue weighted by atomic mass is 10.5. The molecule has 0 aromatic carbocycles. The highest BCUT2D eigenvalue weighted by Gasteiger charge is 2.08. The summed E-state index contributed by atoms with van der Waals surface area (Å²) >= 11 is 0. The Morgan fingerprint density at radius 2 is 2.22 bits per heavy atom. The summed E-state index contributed by atoms with van der Waals surface area (Å²) in [6.07, 6.45) is 0. The molecule has 0 saturated carbocycles. The molecule has 1 aromatic heterocycles. The van der Waals surface area contributed by atoms with Crippen LogP contribution in [-0.2, 0) is 0 Å². The van der Waals surface area contributed by atoms with Gasteiger partial charge in [-0.25, -0.2) is 0 Å². The Labute approximate surface area is 51.6 Å². The van der Waals surface area contributed by atoms with Crippen LogP contribution >= 0.6 is 0 Å². The lowest BCUT2D eigenvalue weighted by Crippen LogP contribution is -1.92. The number of rotatable bonds is 1. The zero-order valence-electron chi connectivity index (χ0n) is 4.92. The van der Waals surface area contributed by atoms with Gasteiger partial charge in [-0.05, 0) is 5.16 Å². The summed E-state index contributed by atoms with van der Waals surface area (Å²) in [5, 5.41) is 3.39. The van der Waals surface area contributed by atoms with Crippen LogP contribution in [0.5, 0.6) is 5.88 Å². The van der Waals surface area contributed by atoms with E-state index in [9.17, 15) is 0 Å². The van der Waals surface area contributed by atoms with E-state index in [1.165, 1.54) is 7.11 Å². The zero-order valence-corrected chi connectivity index (χ0v) is 4.92. The van der Waals surface area contributed by atoms with Gasteiger partial charge in [-0.1, -0.05) is 0 Å². The number of nitrogen functional groups attached to an aromatic ring is 2. The maximum Gasteiger partial charge on any atom is 0.279 e. The van der Waals surface area contributed by atoms with Gasteiger partial charge < -0.3 is 20.7 Å². The van der Waals surface area contributed by atoms with E-state index < -0.39 is 0 Å². The quantitative estimate of drug-likeness (QED) is 0.550. The van der Waals surface area contributed by atoms with Gasteiger partial charge in [0.1, 0.15) is 0 Å². The van der Waals surface area contributed by atoms with Crippen molar-refractivity contribution < 1.29 is 9.26 Å². The fraction of sp³-hybridized carbons (Fsp3) is 0.250. The Bertz CT molecular complexity index is 208. The molecule has 0 aliphatic rings. The normalized spacial score (nSPS) is 9.44.